The number of rotatable bonds is 9. The summed E-state index contributed by atoms with van der Waals surface area (Å²) in [6.07, 6.45) is 0.661. The van der Waals surface area contributed by atoms with E-state index in [0.717, 1.165) is 16.0 Å². The minimum atomic E-state index is -1.10. The van der Waals surface area contributed by atoms with Crippen molar-refractivity contribution in [3.8, 4) is 11.5 Å². The van der Waals surface area contributed by atoms with Gasteiger partial charge >= 0.3 is 11.9 Å². The summed E-state index contributed by atoms with van der Waals surface area (Å²) in [6.45, 7) is -0.422. The van der Waals surface area contributed by atoms with Gasteiger partial charge in [0.25, 0.3) is 0 Å². The summed E-state index contributed by atoms with van der Waals surface area (Å²) in [5.41, 5.74) is 7.24. The molecule has 4 N–H and O–H groups in total. The molecule has 1 amide bonds. The van der Waals surface area contributed by atoms with Gasteiger partial charge in [0.1, 0.15) is 28.4 Å². The van der Waals surface area contributed by atoms with Crippen molar-refractivity contribution in [2.75, 3.05) is 6.54 Å². The van der Waals surface area contributed by atoms with Crippen molar-refractivity contribution in [2.45, 2.75) is 24.1 Å². The molecule has 31 heavy (non-hydrogen) atoms. The summed E-state index contributed by atoms with van der Waals surface area (Å²) in [5.74, 6) is -1.24. The fourth-order valence-electron chi connectivity index (χ4n) is 2.98. The molecule has 0 bridgehead atoms. The van der Waals surface area contributed by atoms with Gasteiger partial charge in [0.15, 0.2) is 0 Å². The van der Waals surface area contributed by atoms with Crippen molar-refractivity contribution >= 4 is 46.1 Å². The van der Waals surface area contributed by atoms with Gasteiger partial charge in [0.05, 0.1) is 5.25 Å². The zero-order chi connectivity index (χ0) is 22.5. The maximum Gasteiger partial charge on any atom is 0.323 e. The van der Waals surface area contributed by atoms with E-state index in [1.165, 1.54) is 11.8 Å². The highest BCUT2D eigenvalue weighted by molar-refractivity contribution is 8.24. The SMILES string of the molecule is N[C@@H](Cc1ccc(Oc2ccc(CC3SC(=S)N(CC(=O)O)C3=O)cc2)cc1)C(=O)O. The lowest BCUT2D eigenvalue weighted by Gasteiger charge is -2.12. The van der Waals surface area contributed by atoms with Crippen LogP contribution in [0.5, 0.6) is 11.5 Å². The number of amides is 1. The van der Waals surface area contributed by atoms with Crippen LogP contribution in [-0.4, -0.2) is 55.1 Å². The van der Waals surface area contributed by atoms with Crippen LogP contribution in [0.25, 0.3) is 0 Å². The summed E-state index contributed by atoms with van der Waals surface area (Å²) in [6, 6.07) is 13.3. The summed E-state index contributed by atoms with van der Waals surface area (Å²) >= 11 is 6.32. The number of aliphatic carboxylic acids is 2. The van der Waals surface area contributed by atoms with Crippen LogP contribution >= 0.6 is 24.0 Å². The van der Waals surface area contributed by atoms with Gasteiger partial charge in [-0.05, 0) is 48.2 Å². The van der Waals surface area contributed by atoms with Crippen LogP contribution in [0.2, 0.25) is 0 Å². The van der Waals surface area contributed by atoms with E-state index in [1.807, 2.05) is 12.1 Å². The molecular weight excluding hydrogens is 440 g/mol. The Morgan fingerprint density at radius 3 is 2.13 bits per heavy atom. The number of benzene rings is 2. The zero-order valence-corrected chi connectivity index (χ0v) is 17.9. The van der Waals surface area contributed by atoms with Crippen molar-refractivity contribution in [3.05, 3.63) is 59.7 Å². The van der Waals surface area contributed by atoms with Crippen molar-refractivity contribution in [2.24, 2.45) is 5.73 Å². The number of ether oxygens (including phenoxy) is 1. The number of nitrogens with zero attached hydrogens (tertiary/aromatic N) is 1. The molecule has 1 unspecified atom stereocenters. The van der Waals surface area contributed by atoms with Crippen LogP contribution in [0.4, 0.5) is 0 Å². The number of carboxylic acid groups (broad SMARTS) is 2. The molecule has 1 fully saturated rings. The van der Waals surface area contributed by atoms with E-state index in [1.54, 1.807) is 36.4 Å². The van der Waals surface area contributed by atoms with E-state index in [9.17, 15) is 14.4 Å². The molecule has 0 saturated carbocycles. The monoisotopic (exact) mass is 460 g/mol. The first kappa shape index (κ1) is 22.7. The molecule has 2 aromatic rings. The molecule has 0 aromatic heterocycles. The Labute approximate surface area is 188 Å². The van der Waals surface area contributed by atoms with Crippen LogP contribution in [0.1, 0.15) is 11.1 Å². The fraction of sp³-hybridized carbons (Fsp3) is 0.238. The van der Waals surface area contributed by atoms with Gasteiger partial charge in [-0.25, -0.2) is 0 Å². The zero-order valence-electron chi connectivity index (χ0n) is 16.3. The van der Waals surface area contributed by atoms with Crippen molar-refractivity contribution in [3.63, 3.8) is 0 Å². The molecule has 3 rings (SSSR count). The van der Waals surface area contributed by atoms with Crippen LogP contribution in [0.15, 0.2) is 48.5 Å². The number of hydrogen-bond acceptors (Lipinski definition) is 7. The first-order valence-electron chi connectivity index (χ1n) is 9.31. The number of carboxylic acids is 2. The molecule has 8 nitrogen and oxygen atoms in total. The Morgan fingerprint density at radius 1 is 1.06 bits per heavy atom. The first-order valence-corrected chi connectivity index (χ1v) is 10.6. The van der Waals surface area contributed by atoms with Gasteiger partial charge in [0, 0.05) is 0 Å². The Hall–Kier alpha value is -2.95. The molecule has 162 valence electrons. The molecule has 0 radical (unpaired) electrons. The lowest BCUT2D eigenvalue weighted by molar-refractivity contribution is -0.141. The van der Waals surface area contributed by atoms with Gasteiger partial charge in [-0.3, -0.25) is 19.3 Å². The van der Waals surface area contributed by atoms with E-state index in [-0.39, 0.29) is 16.6 Å². The number of carbonyl (C=O) groups is 3. The lowest BCUT2D eigenvalue weighted by atomic mass is 10.1. The van der Waals surface area contributed by atoms with E-state index < -0.39 is 29.8 Å². The van der Waals surface area contributed by atoms with E-state index in [2.05, 4.69) is 0 Å². The highest BCUT2D eigenvalue weighted by Crippen LogP contribution is 2.30. The number of thiocarbonyl (C=S) groups is 1. The van der Waals surface area contributed by atoms with Gasteiger partial charge in [-0.1, -0.05) is 48.2 Å². The predicted octanol–water partition coefficient (Wildman–Crippen LogP) is 2.29. The summed E-state index contributed by atoms with van der Waals surface area (Å²) < 4.78 is 6.08. The second-order valence-corrected chi connectivity index (χ2v) is 8.77. The molecule has 0 spiro atoms. The van der Waals surface area contributed by atoms with Gasteiger partial charge < -0.3 is 20.7 Å². The topological polar surface area (TPSA) is 130 Å². The quantitative estimate of drug-likeness (QED) is 0.483. The van der Waals surface area contributed by atoms with Crippen molar-refractivity contribution in [1.29, 1.82) is 0 Å². The molecule has 1 heterocycles. The van der Waals surface area contributed by atoms with Crippen LogP contribution in [0, 0.1) is 0 Å². The van der Waals surface area contributed by atoms with Crippen LogP contribution < -0.4 is 10.5 Å². The van der Waals surface area contributed by atoms with Crippen LogP contribution in [-0.2, 0) is 27.2 Å². The molecule has 10 heteroatoms. The largest absolute Gasteiger partial charge is 0.480 e. The normalized spacial score (nSPS) is 16.9. The highest BCUT2D eigenvalue weighted by atomic mass is 32.2. The number of thioether (sulfide) groups is 1. The van der Waals surface area contributed by atoms with E-state index in [0.29, 0.717) is 17.9 Å². The number of hydrogen-bond donors (Lipinski definition) is 3. The maximum absolute atomic E-state index is 12.4. The summed E-state index contributed by atoms with van der Waals surface area (Å²) in [5, 5.41) is 17.3. The third kappa shape index (κ3) is 6.03. The number of carbonyl (C=O) groups excluding carboxylic acids is 1. The molecule has 2 atom stereocenters. The standard InChI is InChI=1S/C21H20N2O6S2/c22-16(20(27)28)9-12-1-5-14(6-2-12)29-15-7-3-13(4-8-15)10-17-19(26)23(11-18(24)25)21(30)31-17/h1-8,16-17H,9-11,22H2,(H,24,25)(H,27,28)/t16-,17?/m0/s1. The minimum Gasteiger partial charge on any atom is -0.480 e. The Kier molecular flexibility index (Phi) is 7.26. The molecule has 2 aromatic carbocycles. The average Bonchev–Trinajstić information content (AvgIpc) is 2.98. The third-order valence-electron chi connectivity index (χ3n) is 4.57. The molecular formula is C21H20N2O6S2. The average molecular weight is 461 g/mol. The van der Waals surface area contributed by atoms with Crippen LogP contribution in [0.3, 0.4) is 0 Å². The smallest absolute Gasteiger partial charge is 0.323 e. The van der Waals surface area contributed by atoms with E-state index in [4.69, 9.17) is 32.9 Å². The fourth-order valence-corrected chi connectivity index (χ4v) is 4.52. The number of nitrogens with two attached hydrogens (primary N) is 1. The Bertz CT molecular complexity index is 994. The first-order chi connectivity index (χ1) is 14.7. The van der Waals surface area contributed by atoms with Crippen molar-refractivity contribution < 1.29 is 29.3 Å². The molecule has 0 aliphatic carbocycles. The van der Waals surface area contributed by atoms with Gasteiger partial charge in [0.2, 0.25) is 5.91 Å². The Balaban J connectivity index is 1.57. The van der Waals surface area contributed by atoms with Gasteiger partial charge in [-0.2, -0.15) is 0 Å². The Morgan fingerprint density at radius 2 is 1.61 bits per heavy atom. The molecule has 1 saturated heterocycles. The highest BCUT2D eigenvalue weighted by Gasteiger charge is 2.37. The summed E-state index contributed by atoms with van der Waals surface area (Å²) in [4.78, 5) is 35.2. The van der Waals surface area contributed by atoms with Crippen molar-refractivity contribution in [1.82, 2.24) is 4.90 Å². The predicted molar refractivity (Wildman–Crippen MR) is 119 cm³/mol. The summed E-state index contributed by atoms with van der Waals surface area (Å²) in [7, 11) is 0. The second kappa shape index (κ2) is 9.90. The van der Waals surface area contributed by atoms with E-state index >= 15 is 0 Å². The molecule has 1 aliphatic rings. The lowest BCUT2D eigenvalue weighted by Crippen LogP contribution is -2.36. The van der Waals surface area contributed by atoms with Gasteiger partial charge in [-0.15, -0.1) is 0 Å². The second-order valence-electron chi connectivity index (χ2n) is 6.93. The maximum atomic E-state index is 12.4. The molecule has 1 aliphatic heterocycles. The third-order valence-corrected chi connectivity index (χ3v) is 6.16. The minimum absolute atomic E-state index is 0.232.